The van der Waals surface area contributed by atoms with E-state index in [1.807, 2.05) is 12.1 Å². The zero-order valence-electron chi connectivity index (χ0n) is 12.9. The number of nitrogen functional groups attached to an aromatic ring is 1. The second kappa shape index (κ2) is 6.33. The van der Waals surface area contributed by atoms with Crippen molar-refractivity contribution < 1.29 is 4.74 Å². The van der Waals surface area contributed by atoms with Crippen molar-refractivity contribution in [3.8, 4) is 5.88 Å². The third-order valence-electron chi connectivity index (χ3n) is 4.23. The first kappa shape index (κ1) is 14.9. The lowest BCUT2D eigenvalue weighted by molar-refractivity contribution is 0.252. The lowest BCUT2D eigenvalue weighted by Gasteiger charge is -2.31. The molecule has 1 aromatic heterocycles. The van der Waals surface area contributed by atoms with E-state index < -0.39 is 0 Å². The van der Waals surface area contributed by atoms with Gasteiger partial charge in [0, 0.05) is 6.54 Å². The van der Waals surface area contributed by atoms with E-state index in [1.165, 1.54) is 32.1 Å². The Bertz CT molecular complexity index is 439. The molecule has 1 heterocycles. The molecule has 2 rings (SSSR count). The van der Waals surface area contributed by atoms with Crippen LogP contribution in [0.4, 0.5) is 11.5 Å². The summed E-state index contributed by atoms with van der Waals surface area (Å²) in [6.45, 7) is 5.61. The van der Waals surface area contributed by atoms with Gasteiger partial charge in [-0.1, -0.05) is 26.7 Å². The van der Waals surface area contributed by atoms with Gasteiger partial charge >= 0.3 is 0 Å². The van der Waals surface area contributed by atoms with Gasteiger partial charge in [-0.15, -0.1) is 0 Å². The topological polar surface area (TPSA) is 60.2 Å². The highest BCUT2D eigenvalue weighted by Gasteiger charge is 2.34. The second-order valence-corrected chi connectivity index (χ2v) is 6.45. The molecule has 1 aliphatic rings. The summed E-state index contributed by atoms with van der Waals surface area (Å²) in [5.41, 5.74) is 6.81. The van der Waals surface area contributed by atoms with Crippen molar-refractivity contribution in [2.75, 3.05) is 24.7 Å². The molecular weight excluding hydrogens is 250 g/mol. The molecule has 0 radical (unpaired) electrons. The average Bonchev–Trinajstić information content (AvgIpc) is 2.86. The van der Waals surface area contributed by atoms with Gasteiger partial charge in [0.15, 0.2) is 0 Å². The van der Waals surface area contributed by atoms with Crippen LogP contribution in [0.25, 0.3) is 0 Å². The van der Waals surface area contributed by atoms with E-state index in [2.05, 4.69) is 24.1 Å². The monoisotopic (exact) mass is 277 g/mol. The van der Waals surface area contributed by atoms with Crippen LogP contribution in [-0.4, -0.2) is 18.6 Å². The van der Waals surface area contributed by atoms with Crippen LogP contribution in [0.1, 0.15) is 46.0 Å². The number of nitrogens with one attached hydrogen (secondary N) is 1. The van der Waals surface area contributed by atoms with Gasteiger partial charge in [-0.25, -0.2) is 0 Å². The van der Waals surface area contributed by atoms with E-state index in [9.17, 15) is 0 Å². The Balaban J connectivity index is 2.02. The van der Waals surface area contributed by atoms with E-state index in [1.54, 1.807) is 7.11 Å². The van der Waals surface area contributed by atoms with Crippen LogP contribution in [0.2, 0.25) is 0 Å². The number of rotatable bonds is 6. The van der Waals surface area contributed by atoms with Crippen LogP contribution < -0.4 is 15.8 Å². The van der Waals surface area contributed by atoms with Gasteiger partial charge in [0.05, 0.1) is 12.8 Å². The number of anilines is 2. The molecule has 112 valence electrons. The number of aromatic nitrogens is 1. The summed E-state index contributed by atoms with van der Waals surface area (Å²) in [6.07, 6.45) is 6.64. The summed E-state index contributed by atoms with van der Waals surface area (Å²) < 4.78 is 5.17. The summed E-state index contributed by atoms with van der Waals surface area (Å²) in [5.74, 6) is 2.09. The zero-order chi connectivity index (χ0) is 14.6. The van der Waals surface area contributed by atoms with Gasteiger partial charge in [-0.2, -0.15) is 4.98 Å². The van der Waals surface area contributed by atoms with Crippen LogP contribution >= 0.6 is 0 Å². The van der Waals surface area contributed by atoms with E-state index in [0.29, 0.717) is 17.0 Å². The van der Waals surface area contributed by atoms with Crippen LogP contribution in [0.5, 0.6) is 5.88 Å². The molecule has 0 aromatic carbocycles. The fourth-order valence-electron chi connectivity index (χ4n) is 3.44. The minimum absolute atomic E-state index is 0.435. The van der Waals surface area contributed by atoms with Crippen molar-refractivity contribution >= 4 is 11.5 Å². The highest BCUT2D eigenvalue weighted by atomic mass is 16.5. The Morgan fingerprint density at radius 1 is 1.35 bits per heavy atom. The summed E-state index contributed by atoms with van der Waals surface area (Å²) in [5, 5.41) is 3.49. The number of nitrogens with two attached hydrogens (primary N) is 1. The van der Waals surface area contributed by atoms with E-state index in [0.717, 1.165) is 18.3 Å². The molecule has 0 amide bonds. The maximum Gasteiger partial charge on any atom is 0.238 e. The van der Waals surface area contributed by atoms with Gasteiger partial charge in [0.2, 0.25) is 5.88 Å². The maximum atomic E-state index is 5.79. The summed E-state index contributed by atoms with van der Waals surface area (Å²) in [6, 6.07) is 3.77. The van der Waals surface area contributed by atoms with Crippen LogP contribution in [0, 0.1) is 11.3 Å². The first-order chi connectivity index (χ1) is 9.54. The zero-order valence-corrected chi connectivity index (χ0v) is 12.9. The predicted molar refractivity (Wildman–Crippen MR) is 84.0 cm³/mol. The standard InChI is InChI=1S/C16H27N3O/c1-12(2)10-16(8-4-5-9-16)11-18-14-7-6-13(17)15(19-14)20-3/h6-7,12H,4-5,8-11,17H2,1-3H3,(H,18,19). The molecule has 0 saturated heterocycles. The number of pyridine rings is 1. The van der Waals surface area contributed by atoms with Crippen molar-refractivity contribution in [1.82, 2.24) is 4.98 Å². The molecule has 0 unspecified atom stereocenters. The fourth-order valence-corrected chi connectivity index (χ4v) is 3.44. The molecule has 3 N–H and O–H groups in total. The minimum Gasteiger partial charge on any atom is -0.479 e. The lowest BCUT2D eigenvalue weighted by Crippen LogP contribution is -2.28. The fraction of sp³-hybridized carbons (Fsp3) is 0.688. The van der Waals surface area contributed by atoms with Gasteiger partial charge in [0.25, 0.3) is 0 Å². The average molecular weight is 277 g/mol. The third kappa shape index (κ3) is 3.56. The summed E-state index contributed by atoms with van der Waals surface area (Å²) in [7, 11) is 1.60. The number of hydrogen-bond donors (Lipinski definition) is 2. The Kier molecular flexibility index (Phi) is 4.73. The molecule has 1 fully saturated rings. The van der Waals surface area contributed by atoms with Gasteiger partial charge in [-0.05, 0) is 42.7 Å². The normalized spacial score (nSPS) is 17.4. The van der Waals surface area contributed by atoms with E-state index >= 15 is 0 Å². The lowest BCUT2D eigenvalue weighted by atomic mass is 9.78. The van der Waals surface area contributed by atoms with Crippen LogP contribution in [0.3, 0.4) is 0 Å². The van der Waals surface area contributed by atoms with Crippen molar-refractivity contribution in [3.05, 3.63) is 12.1 Å². The molecular formula is C16H27N3O. The Hall–Kier alpha value is -1.45. The SMILES string of the molecule is COc1nc(NCC2(CC(C)C)CCCC2)ccc1N. The minimum atomic E-state index is 0.435. The molecule has 1 aliphatic carbocycles. The van der Waals surface area contributed by atoms with Crippen molar-refractivity contribution in [3.63, 3.8) is 0 Å². The summed E-state index contributed by atoms with van der Waals surface area (Å²) >= 11 is 0. The number of nitrogens with zero attached hydrogens (tertiary/aromatic N) is 1. The Morgan fingerprint density at radius 3 is 2.65 bits per heavy atom. The van der Waals surface area contributed by atoms with E-state index in [4.69, 9.17) is 10.5 Å². The molecule has 20 heavy (non-hydrogen) atoms. The van der Waals surface area contributed by atoms with Crippen molar-refractivity contribution in [1.29, 1.82) is 0 Å². The largest absolute Gasteiger partial charge is 0.479 e. The predicted octanol–water partition coefficient (Wildman–Crippen LogP) is 3.69. The van der Waals surface area contributed by atoms with Gasteiger partial charge < -0.3 is 15.8 Å². The van der Waals surface area contributed by atoms with Gasteiger partial charge in [-0.3, -0.25) is 0 Å². The number of hydrogen-bond acceptors (Lipinski definition) is 4. The number of methoxy groups -OCH3 is 1. The highest BCUT2D eigenvalue weighted by Crippen LogP contribution is 2.43. The molecule has 0 spiro atoms. The quantitative estimate of drug-likeness (QED) is 0.832. The Labute approximate surface area is 122 Å². The smallest absolute Gasteiger partial charge is 0.238 e. The molecule has 1 aromatic rings. The molecule has 0 atom stereocenters. The van der Waals surface area contributed by atoms with Crippen LogP contribution in [0.15, 0.2) is 12.1 Å². The first-order valence-corrected chi connectivity index (χ1v) is 7.59. The van der Waals surface area contributed by atoms with Crippen molar-refractivity contribution in [2.24, 2.45) is 11.3 Å². The first-order valence-electron chi connectivity index (χ1n) is 7.59. The highest BCUT2D eigenvalue weighted by molar-refractivity contribution is 5.53. The number of ether oxygens (including phenoxy) is 1. The van der Waals surface area contributed by atoms with Crippen molar-refractivity contribution in [2.45, 2.75) is 46.0 Å². The Morgan fingerprint density at radius 2 is 2.05 bits per heavy atom. The molecule has 0 aliphatic heterocycles. The summed E-state index contributed by atoms with van der Waals surface area (Å²) in [4.78, 5) is 4.40. The maximum absolute atomic E-state index is 5.79. The molecule has 4 heteroatoms. The molecule has 0 bridgehead atoms. The molecule has 1 saturated carbocycles. The van der Waals surface area contributed by atoms with Gasteiger partial charge in [0.1, 0.15) is 5.82 Å². The van der Waals surface area contributed by atoms with Crippen LogP contribution in [-0.2, 0) is 0 Å². The van der Waals surface area contributed by atoms with E-state index in [-0.39, 0.29) is 0 Å². The molecule has 4 nitrogen and oxygen atoms in total. The third-order valence-corrected chi connectivity index (χ3v) is 4.23. The second-order valence-electron chi connectivity index (χ2n) is 6.45.